The molecule has 3 fully saturated rings. The third-order valence-corrected chi connectivity index (χ3v) is 6.44. The van der Waals surface area contributed by atoms with Crippen LogP contribution in [0, 0.1) is 11.8 Å². The highest BCUT2D eigenvalue weighted by atomic mass is 16.2. The molecular weight excluding hydrogens is 312 g/mol. The molecule has 0 aromatic carbocycles. The van der Waals surface area contributed by atoms with Gasteiger partial charge in [-0.25, -0.2) is 0 Å². The molecular formula is C20H38N4O. The maximum absolute atomic E-state index is 12.7. The highest BCUT2D eigenvalue weighted by molar-refractivity contribution is 5.78. The Morgan fingerprint density at radius 1 is 0.920 bits per heavy atom. The summed E-state index contributed by atoms with van der Waals surface area (Å²) in [5.41, 5.74) is 0. The van der Waals surface area contributed by atoms with E-state index in [1.807, 2.05) is 0 Å². The first kappa shape index (κ1) is 19.1. The summed E-state index contributed by atoms with van der Waals surface area (Å²) in [6.45, 7) is 13.9. The molecule has 0 spiro atoms. The summed E-state index contributed by atoms with van der Waals surface area (Å²) < 4.78 is 0. The van der Waals surface area contributed by atoms with Crippen molar-refractivity contribution in [1.82, 2.24) is 19.6 Å². The summed E-state index contributed by atoms with van der Waals surface area (Å²) in [7, 11) is 2.28. The van der Waals surface area contributed by atoms with Gasteiger partial charge in [0.25, 0.3) is 0 Å². The minimum atomic E-state index is 0.346. The van der Waals surface area contributed by atoms with Crippen LogP contribution >= 0.6 is 0 Å². The van der Waals surface area contributed by atoms with Crippen molar-refractivity contribution in [3.05, 3.63) is 0 Å². The summed E-state index contributed by atoms with van der Waals surface area (Å²) in [6, 6.07) is 0.734. The van der Waals surface area contributed by atoms with Gasteiger partial charge < -0.3 is 9.80 Å². The zero-order chi connectivity index (χ0) is 17.8. The number of piperidine rings is 2. The SMILES string of the molecule is CC1CC(C)CN(C(=O)CN2CCN(CC3CCCCN3C)CC2)C1. The van der Waals surface area contributed by atoms with E-state index in [1.165, 1.54) is 38.8 Å². The molecule has 1 amide bonds. The van der Waals surface area contributed by atoms with Gasteiger partial charge in [0.1, 0.15) is 0 Å². The fourth-order valence-corrected chi connectivity index (χ4v) is 4.96. The lowest BCUT2D eigenvalue weighted by atomic mass is 9.92. The van der Waals surface area contributed by atoms with Crippen LogP contribution in [0.15, 0.2) is 0 Å². The lowest BCUT2D eigenvalue weighted by molar-refractivity contribution is -0.135. The van der Waals surface area contributed by atoms with Gasteiger partial charge >= 0.3 is 0 Å². The zero-order valence-corrected chi connectivity index (χ0v) is 16.6. The minimum Gasteiger partial charge on any atom is -0.341 e. The van der Waals surface area contributed by atoms with Gasteiger partial charge in [-0.3, -0.25) is 14.6 Å². The maximum Gasteiger partial charge on any atom is 0.236 e. The smallest absolute Gasteiger partial charge is 0.236 e. The van der Waals surface area contributed by atoms with Crippen LogP contribution in [0.4, 0.5) is 0 Å². The van der Waals surface area contributed by atoms with Gasteiger partial charge in [-0.15, -0.1) is 0 Å². The van der Waals surface area contributed by atoms with Crippen molar-refractivity contribution < 1.29 is 4.79 Å². The van der Waals surface area contributed by atoms with E-state index in [-0.39, 0.29) is 0 Å². The monoisotopic (exact) mass is 350 g/mol. The van der Waals surface area contributed by atoms with E-state index in [0.29, 0.717) is 24.3 Å². The molecule has 3 heterocycles. The topological polar surface area (TPSA) is 30.0 Å². The van der Waals surface area contributed by atoms with Crippen LogP contribution in [0.2, 0.25) is 0 Å². The second-order valence-corrected chi connectivity index (χ2v) is 8.95. The van der Waals surface area contributed by atoms with Crippen LogP contribution in [0.5, 0.6) is 0 Å². The second-order valence-electron chi connectivity index (χ2n) is 8.95. The van der Waals surface area contributed by atoms with Crippen molar-refractivity contribution in [2.24, 2.45) is 11.8 Å². The van der Waals surface area contributed by atoms with Gasteiger partial charge in [0.2, 0.25) is 5.91 Å². The first-order valence-electron chi connectivity index (χ1n) is 10.4. The molecule has 3 aliphatic heterocycles. The number of nitrogens with zero attached hydrogens (tertiary/aromatic N) is 4. The number of rotatable bonds is 4. The van der Waals surface area contributed by atoms with Gasteiger partial charge in [-0.05, 0) is 44.7 Å². The van der Waals surface area contributed by atoms with Crippen molar-refractivity contribution in [2.75, 3.05) is 66.0 Å². The van der Waals surface area contributed by atoms with E-state index in [0.717, 1.165) is 45.3 Å². The molecule has 3 atom stereocenters. The Kier molecular flexibility index (Phi) is 6.75. The predicted molar refractivity (Wildman–Crippen MR) is 103 cm³/mol. The fraction of sp³-hybridized carbons (Fsp3) is 0.950. The molecule has 0 N–H and O–H groups in total. The maximum atomic E-state index is 12.7. The minimum absolute atomic E-state index is 0.346. The number of hydrogen-bond donors (Lipinski definition) is 0. The van der Waals surface area contributed by atoms with E-state index >= 15 is 0 Å². The van der Waals surface area contributed by atoms with Crippen LogP contribution in [-0.2, 0) is 4.79 Å². The van der Waals surface area contributed by atoms with Gasteiger partial charge in [-0.2, -0.15) is 0 Å². The van der Waals surface area contributed by atoms with E-state index in [2.05, 4.69) is 40.5 Å². The highest BCUT2D eigenvalue weighted by Gasteiger charge is 2.28. The Morgan fingerprint density at radius 3 is 2.20 bits per heavy atom. The molecule has 3 aliphatic rings. The standard InChI is InChI=1S/C20H38N4O/c1-17-12-18(2)14-24(13-17)20(25)16-23-10-8-22(9-11-23)15-19-6-4-5-7-21(19)3/h17-19H,4-16H2,1-3H3. The number of hydrogen-bond acceptors (Lipinski definition) is 4. The molecule has 5 heteroatoms. The van der Waals surface area contributed by atoms with Crippen LogP contribution in [0.25, 0.3) is 0 Å². The lowest BCUT2D eigenvalue weighted by Gasteiger charge is -2.41. The van der Waals surface area contributed by atoms with Crippen LogP contribution in [0.3, 0.4) is 0 Å². The van der Waals surface area contributed by atoms with Crippen molar-refractivity contribution in [1.29, 1.82) is 0 Å². The number of amides is 1. The van der Waals surface area contributed by atoms with E-state index in [4.69, 9.17) is 0 Å². The summed E-state index contributed by atoms with van der Waals surface area (Å²) in [5, 5.41) is 0. The molecule has 0 radical (unpaired) electrons. The van der Waals surface area contributed by atoms with Gasteiger partial charge in [-0.1, -0.05) is 20.3 Å². The summed E-state index contributed by atoms with van der Waals surface area (Å²) in [6.07, 6.45) is 5.35. The Morgan fingerprint density at radius 2 is 1.56 bits per heavy atom. The van der Waals surface area contributed by atoms with Crippen LogP contribution < -0.4 is 0 Å². The second kappa shape index (κ2) is 8.83. The van der Waals surface area contributed by atoms with Crippen LogP contribution in [-0.4, -0.2) is 97.5 Å². The average Bonchev–Trinajstić information content (AvgIpc) is 2.58. The third-order valence-electron chi connectivity index (χ3n) is 6.44. The third kappa shape index (κ3) is 5.41. The fourth-order valence-electron chi connectivity index (χ4n) is 4.96. The Hall–Kier alpha value is -0.650. The molecule has 0 aromatic rings. The molecule has 3 unspecified atom stereocenters. The van der Waals surface area contributed by atoms with Crippen molar-refractivity contribution in [3.8, 4) is 0 Å². The number of piperazine rings is 1. The molecule has 0 aromatic heterocycles. The number of carbonyl (C=O) groups is 1. The largest absolute Gasteiger partial charge is 0.341 e. The molecule has 0 saturated carbocycles. The van der Waals surface area contributed by atoms with Crippen molar-refractivity contribution in [2.45, 2.75) is 45.6 Å². The molecule has 5 nitrogen and oxygen atoms in total. The summed E-state index contributed by atoms with van der Waals surface area (Å²) in [4.78, 5) is 22.3. The van der Waals surface area contributed by atoms with Crippen molar-refractivity contribution in [3.63, 3.8) is 0 Å². The van der Waals surface area contributed by atoms with E-state index in [9.17, 15) is 4.79 Å². The van der Waals surface area contributed by atoms with Gasteiger partial charge in [0, 0.05) is 51.9 Å². The quantitative estimate of drug-likeness (QED) is 0.770. The van der Waals surface area contributed by atoms with E-state index < -0.39 is 0 Å². The van der Waals surface area contributed by atoms with Gasteiger partial charge in [0.05, 0.1) is 6.54 Å². The number of carbonyl (C=O) groups excluding carboxylic acids is 1. The zero-order valence-electron chi connectivity index (χ0n) is 16.6. The Labute approximate surface area is 154 Å². The van der Waals surface area contributed by atoms with Crippen molar-refractivity contribution >= 4 is 5.91 Å². The molecule has 3 saturated heterocycles. The average molecular weight is 351 g/mol. The number of likely N-dealkylation sites (tertiary alicyclic amines) is 2. The highest BCUT2D eigenvalue weighted by Crippen LogP contribution is 2.21. The Balaban J connectivity index is 1.39. The number of likely N-dealkylation sites (N-methyl/N-ethyl adjacent to an activating group) is 1. The van der Waals surface area contributed by atoms with E-state index in [1.54, 1.807) is 0 Å². The lowest BCUT2D eigenvalue weighted by Crippen LogP contribution is -2.54. The molecule has 25 heavy (non-hydrogen) atoms. The Bertz CT molecular complexity index is 425. The summed E-state index contributed by atoms with van der Waals surface area (Å²) in [5.74, 6) is 1.65. The normalized spacial score (nSPS) is 33.6. The molecule has 144 valence electrons. The molecule has 0 aliphatic carbocycles. The summed E-state index contributed by atoms with van der Waals surface area (Å²) >= 11 is 0. The first-order valence-corrected chi connectivity index (χ1v) is 10.4. The first-order chi connectivity index (χ1) is 12.0. The van der Waals surface area contributed by atoms with Crippen LogP contribution in [0.1, 0.15) is 39.5 Å². The predicted octanol–water partition coefficient (Wildman–Crippen LogP) is 1.59. The van der Waals surface area contributed by atoms with Gasteiger partial charge in [0.15, 0.2) is 0 Å². The molecule has 3 rings (SSSR count). The molecule has 0 bridgehead atoms.